The Bertz CT molecular complexity index is 773. The summed E-state index contributed by atoms with van der Waals surface area (Å²) in [5.74, 6) is -0.0348. The van der Waals surface area contributed by atoms with E-state index >= 15 is 0 Å². The average Bonchev–Trinajstić information content (AvgIpc) is 2.61. The molecule has 0 saturated heterocycles. The summed E-state index contributed by atoms with van der Waals surface area (Å²) in [6.45, 7) is 7.14. The molecule has 0 unspecified atom stereocenters. The predicted octanol–water partition coefficient (Wildman–Crippen LogP) is 3.59. The number of rotatable bonds is 9. The van der Waals surface area contributed by atoms with Crippen LogP contribution in [-0.2, 0) is 11.3 Å². The summed E-state index contributed by atoms with van der Waals surface area (Å²) in [6, 6.07) is 7.40. The fourth-order valence-electron chi connectivity index (χ4n) is 2.66. The molecule has 1 aromatic carbocycles. The molecular weight excluding hydrogens is 334 g/mol. The molecule has 1 aromatic heterocycles. The molecule has 25 heavy (non-hydrogen) atoms. The smallest absolute Gasteiger partial charge is 0.262 e. The number of benzene rings is 1. The number of hydrogen-bond donors (Lipinski definition) is 1. The molecule has 0 aliphatic rings. The van der Waals surface area contributed by atoms with Crippen molar-refractivity contribution in [3.8, 4) is 0 Å². The second-order valence-electron chi connectivity index (χ2n) is 6.08. The maximum absolute atomic E-state index is 12.9. The maximum atomic E-state index is 12.9. The van der Waals surface area contributed by atoms with Crippen molar-refractivity contribution < 1.29 is 4.79 Å². The van der Waals surface area contributed by atoms with Gasteiger partial charge in [0.15, 0.2) is 5.16 Å². The third-order valence-electron chi connectivity index (χ3n) is 4.06. The van der Waals surface area contributed by atoms with Crippen LogP contribution < -0.4 is 10.9 Å². The Morgan fingerprint density at radius 2 is 2.00 bits per heavy atom. The second kappa shape index (κ2) is 9.61. The van der Waals surface area contributed by atoms with Gasteiger partial charge in [0.25, 0.3) is 5.56 Å². The first kappa shape index (κ1) is 19.5. The number of aromatic nitrogens is 2. The number of carbonyl (C=O) groups is 1. The number of carbonyl (C=O) groups excluding carboxylic acids is 1. The molecule has 1 heterocycles. The van der Waals surface area contributed by atoms with Crippen LogP contribution in [0.3, 0.4) is 0 Å². The molecule has 0 radical (unpaired) electrons. The van der Waals surface area contributed by atoms with Crippen LogP contribution in [0, 0.1) is 0 Å². The van der Waals surface area contributed by atoms with Crippen LogP contribution in [0.5, 0.6) is 0 Å². The Labute approximate surface area is 153 Å². The SMILES string of the molecule is CCCCCCn1c(S[C@H](C)C(=O)NCC)nc2ccccc2c1=O. The Morgan fingerprint density at radius 1 is 1.24 bits per heavy atom. The Morgan fingerprint density at radius 3 is 2.72 bits per heavy atom. The lowest BCUT2D eigenvalue weighted by Gasteiger charge is -2.16. The minimum Gasteiger partial charge on any atom is -0.355 e. The first-order valence-corrected chi connectivity index (χ1v) is 9.90. The molecule has 2 aromatic rings. The van der Waals surface area contributed by atoms with Gasteiger partial charge in [-0.1, -0.05) is 50.1 Å². The van der Waals surface area contributed by atoms with E-state index in [4.69, 9.17) is 0 Å². The number of unbranched alkanes of at least 4 members (excludes halogenated alkanes) is 3. The highest BCUT2D eigenvalue weighted by Crippen LogP contribution is 2.23. The van der Waals surface area contributed by atoms with Gasteiger partial charge in [0.2, 0.25) is 5.91 Å². The van der Waals surface area contributed by atoms with Crippen LogP contribution in [0.1, 0.15) is 46.5 Å². The van der Waals surface area contributed by atoms with E-state index in [-0.39, 0.29) is 16.7 Å². The standard InChI is InChI=1S/C19H27N3O2S/c1-4-6-7-10-13-22-18(24)15-11-8-9-12-16(15)21-19(22)25-14(3)17(23)20-5-2/h8-9,11-12,14H,4-7,10,13H2,1-3H3,(H,20,23)/t14-/m1/s1. The molecule has 1 amide bonds. The molecular formula is C19H27N3O2S. The summed E-state index contributed by atoms with van der Waals surface area (Å²) in [6.07, 6.45) is 4.34. The molecule has 1 atom stereocenters. The van der Waals surface area contributed by atoms with Gasteiger partial charge in [0.05, 0.1) is 16.2 Å². The highest BCUT2D eigenvalue weighted by molar-refractivity contribution is 8.00. The molecule has 6 heteroatoms. The van der Waals surface area contributed by atoms with Gasteiger partial charge < -0.3 is 5.32 Å². The third-order valence-corrected chi connectivity index (χ3v) is 5.15. The van der Waals surface area contributed by atoms with Crippen molar-refractivity contribution in [2.45, 2.75) is 63.4 Å². The molecule has 0 spiro atoms. The van der Waals surface area contributed by atoms with Crippen molar-refractivity contribution in [1.29, 1.82) is 0 Å². The summed E-state index contributed by atoms with van der Waals surface area (Å²) in [5.41, 5.74) is 0.663. The highest BCUT2D eigenvalue weighted by atomic mass is 32.2. The molecule has 136 valence electrons. The zero-order chi connectivity index (χ0) is 18.2. The van der Waals surface area contributed by atoms with Crippen LogP contribution in [0.15, 0.2) is 34.2 Å². The number of para-hydroxylation sites is 1. The zero-order valence-electron chi connectivity index (χ0n) is 15.2. The third kappa shape index (κ3) is 5.08. The first-order chi connectivity index (χ1) is 12.1. The van der Waals surface area contributed by atoms with E-state index in [0.717, 1.165) is 25.7 Å². The van der Waals surface area contributed by atoms with Crippen molar-refractivity contribution in [3.05, 3.63) is 34.6 Å². The molecule has 1 N–H and O–H groups in total. The van der Waals surface area contributed by atoms with Crippen molar-refractivity contribution in [3.63, 3.8) is 0 Å². The van der Waals surface area contributed by atoms with Gasteiger partial charge in [-0.2, -0.15) is 0 Å². The lowest BCUT2D eigenvalue weighted by Crippen LogP contribution is -2.31. The molecule has 5 nitrogen and oxygen atoms in total. The van der Waals surface area contributed by atoms with Crippen molar-refractivity contribution in [1.82, 2.24) is 14.9 Å². The number of amides is 1. The van der Waals surface area contributed by atoms with Crippen LogP contribution in [0.4, 0.5) is 0 Å². The Kier molecular flexibility index (Phi) is 7.50. The molecule has 0 bridgehead atoms. The van der Waals surface area contributed by atoms with Gasteiger partial charge in [0, 0.05) is 13.1 Å². The second-order valence-corrected chi connectivity index (χ2v) is 7.39. The van der Waals surface area contributed by atoms with E-state index in [2.05, 4.69) is 17.2 Å². The fraction of sp³-hybridized carbons (Fsp3) is 0.526. The van der Waals surface area contributed by atoms with E-state index in [1.807, 2.05) is 38.1 Å². The van der Waals surface area contributed by atoms with Gasteiger partial charge in [-0.05, 0) is 32.4 Å². The van der Waals surface area contributed by atoms with Crippen molar-refractivity contribution in [2.75, 3.05) is 6.54 Å². The Hall–Kier alpha value is -1.82. The lowest BCUT2D eigenvalue weighted by atomic mass is 10.2. The van der Waals surface area contributed by atoms with Gasteiger partial charge in [-0.25, -0.2) is 4.98 Å². The highest BCUT2D eigenvalue weighted by Gasteiger charge is 2.18. The largest absolute Gasteiger partial charge is 0.355 e. The summed E-state index contributed by atoms with van der Waals surface area (Å²) in [7, 11) is 0. The van der Waals surface area contributed by atoms with E-state index < -0.39 is 0 Å². The number of nitrogens with zero attached hydrogens (tertiary/aromatic N) is 2. The van der Waals surface area contributed by atoms with Gasteiger partial charge in [-0.15, -0.1) is 0 Å². The fourth-order valence-corrected chi connectivity index (χ4v) is 3.62. The van der Waals surface area contributed by atoms with E-state index in [1.54, 1.807) is 4.57 Å². The summed E-state index contributed by atoms with van der Waals surface area (Å²) >= 11 is 1.35. The predicted molar refractivity (Wildman–Crippen MR) is 104 cm³/mol. The van der Waals surface area contributed by atoms with Gasteiger partial charge in [0.1, 0.15) is 0 Å². The molecule has 0 saturated carbocycles. The van der Waals surface area contributed by atoms with Crippen LogP contribution in [-0.4, -0.2) is 27.3 Å². The Balaban J connectivity index is 2.34. The summed E-state index contributed by atoms with van der Waals surface area (Å²) < 4.78 is 1.73. The van der Waals surface area contributed by atoms with Crippen LogP contribution >= 0.6 is 11.8 Å². The number of nitrogens with one attached hydrogen (secondary N) is 1. The minimum absolute atomic E-state index is 0.0206. The van der Waals surface area contributed by atoms with Gasteiger partial charge in [-0.3, -0.25) is 14.2 Å². The zero-order valence-corrected chi connectivity index (χ0v) is 16.1. The quantitative estimate of drug-likeness (QED) is 0.421. The maximum Gasteiger partial charge on any atom is 0.262 e. The van der Waals surface area contributed by atoms with Crippen LogP contribution in [0.25, 0.3) is 10.9 Å². The van der Waals surface area contributed by atoms with Crippen LogP contribution in [0.2, 0.25) is 0 Å². The monoisotopic (exact) mass is 361 g/mol. The number of hydrogen-bond acceptors (Lipinski definition) is 4. The summed E-state index contributed by atoms with van der Waals surface area (Å²) in [5, 5.41) is 3.78. The molecule has 0 fully saturated rings. The topological polar surface area (TPSA) is 64.0 Å². The number of thioether (sulfide) groups is 1. The number of fused-ring (bicyclic) bond motifs is 1. The lowest BCUT2D eigenvalue weighted by molar-refractivity contribution is -0.120. The van der Waals surface area contributed by atoms with Gasteiger partial charge >= 0.3 is 0 Å². The minimum atomic E-state index is -0.296. The normalized spacial score (nSPS) is 12.3. The molecule has 0 aliphatic heterocycles. The van der Waals surface area contributed by atoms with Crippen molar-refractivity contribution >= 4 is 28.6 Å². The molecule has 2 rings (SSSR count). The van der Waals surface area contributed by atoms with E-state index in [0.29, 0.717) is 29.1 Å². The van der Waals surface area contributed by atoms with E-state index in [9.17, 15) is 9.59 Å². The van der Waals surface area contributed by atoms with E-state index in [1.165, 1.54) is 11.8 Å². The average molecular weight is 362 g/mol. The molecule has 0 aliphatic carbocycles. The first-order valence-electron chi connectivity index (χ1n) is 9.02. The van der Waals surface area contributed by atoms with Crippen molar-refractivity contribution in [2.24, 2.45) is 0 Å². The summed E-state index contributed by atoms with van der Waals surface area (Å²) in [4.78, 5) is 29.6.